The van der Waals surface area contributed by atoms with Gasteiger partial charge in [-0.2, -0.15) is 0 Å². The van der Waals surface area contributed by atoms with Gasteiger partial charge in [0.25, 0.3) is 0 Å². The van der Waals surface area contributed by atoms with Gasteiger partial charge in [0.15, 0.2) is 0 Å². The second-order valence-electron chi connectivity index (χ2n) is 4.55. The van der Waals surface area contributed by atoms with Crippen LogP contribution in [-0.4, -0.2) is 30.4 Å². The van der Waals surface area contributed by atoms with Crippen LogP contribution in [0.1, 0.15) is 31.1 Å². The Hall–Kier alpha value is -1.88. The van der Waals surface area contributed by atoms with Gasteiger partial charge in [0.2, 0.25) is 0 Å². The van der Waals surface area contributed by atoms with Crippen molar-refractivity contribution in [1.29, 1.82) is 0 Å². The molecule has 0 amide bonds. The van der Waals surface area contributed by atoms with Crippen LogP contribution in [0.15, 0.2) is 54.6 Å². The molecule has 0 aliphatic rings. The molecule has 0 aliphatic carbocycles. The van der Waals surface area contributed by atoms with Gasteiger partial charge in [-0.05, 0) is 43.3 Å². The number of aliphatic hydroxyl groups is 1. The van der Waals surface area contributed by atoms with Crippen molar-refractivity contribution < 1.29 is 10.2 Å². The molecule has 0 bridgehead atoms. The van der Waals surface area contributed by atoms with E-state index in [9.17, 15) is 10.2 Å². The normalized spacial score (nSPS) is 10.7. The van der Waals surface area contributed by atoms with Gasteiger partial charge in [-0.15, -0.1) is 0 Å². The molecule has 0 aliphatic heterocycles. The maximum Gasteiger partial charge on any atom is 0.115 e. The van der Waals surface area contributed by atoms with Crippen LogP contribution >= 0.6 is 0 Å². The highest BCUT2D eigenvalue weighted by Gasteiger charge is 2.07. The quantitative estimate of drug-likeness (QED) is 0.618. The highest BCUT2D eigenvalue weighted by molar-refractivity contribution is 5.28. The summed E-state index contributed by atoms with van der Waals surface area (Å²) in [5.74, 6) is 0.181. The minimum absolute atomic E-state index is 0.181. The first kappa shape index (κ1) is 21.1. The maximum absolute atomic E-state index is 9.97. The standard InChI is InChI=1S/C16H19NO2.C2H6.CH5N/c18-15-8-4-7-14(11-15)16(19)12-17-10-9-13-5-2-1-3-6-13;2*1-2/h1-8,11,16-19H,9-10,12H2;1-2H3;2H2,1H3. The second kappa shape index (κ2) is 13.8. The van der Waals surface area contributed by atoms with E-state index in [1.54, 1.807) is 18.2 Å². The Morgan fingerprint density at radius 3 is 2.26 bits per heavy atom. The Labute approximate surface area is 140 Å². The molecule has 0 heterocycles. The Kier molecular flexibility index (Phi) is 12.6. The number of phenols is 1. The largest absolute Gasteiger partial charge is 0.508 e. The van der Waals surface area contributed by atoms with Gasteiger partial charge < -0.3 is 21.3 Å². The topological polar surface area (TPSA) is 78.5 Å². The molecule has 23 heavy (non-hydrogen) atoms. The van der Waals surface area contributed by atoms with Crippen molar-refractivity contribution in [1.82, 2.24) is 5.32 Å². The molecular weight excluding hydrogens is 288 g/mol. The van der Waals surface area contributed by atoms with Crippen LogP contribution in [0, 0.1) is 0 Å². The third-order valence-electron chi connectivity index (χ3n) is 3.03. The van der Waals surface area contributed by atoms with Gasteiger partial charge in [-0.1, -0.05) is 56.3 Å². The average molecular weight is 318 g/mol. The SMILES string of the molecule is CC.CN.Oc1cccc(C(O)CNCCc2ccccc2)c1. The first-order chi connectivity index (χ1) is 11.3. The molecule has 0 saturated carbocycles. The third-order valence-corrected chi connectivity index (χ3v) is 3.03. The predicted octanol–water partition coefficient (Wildman–Crippen LogP) is 2.86. The Bertz CT molecular complexity index is 504. The van der Waals surface area contributed by atoms with Gasteiger partial charge in [-0.25, -0.2) is 0 Å². The van der Waals surface area contributed by atoms with Crippen LogP contribution < -0.4 is 11.1 Å². The van der Waals surface area contributed by atoms with Gasteiger partial charge >= 0.3 is 0 Å². The number of hydrogen-bond acceptors (Lipinski definition) is 4. The van der Waals surface area contributed by atoms with Crippen molar-refractivity contribution in [2.45, 2.75) is 26.4 Å². The zero-order valence-electron chi connectivity index (χ0n) is 14.4. The molecule has 2 rings (SSSR count). The van der Waals surface area contributed by atoms with E-state index >= 15 is 0 Å². The van der Waals surface area contributed by atoms with Gasteiger partial charge in [-0.3, -0.25) is 0 Å². The molecule has 1 atom stereocenters. The van der Waals surface area contributed by atoms with Crippen molar-refractivity contribution in [3.8, 4) is 5.75 Å². The van der Waals surface area contributed by atoms with E-state index in [2.05, 4.69) is 23.2 Å². The van der Waals surface area contributed by atoms with Crippen LogP contribution in [0.25, 0.3) is 0 Å². The summed E-state index contributed by atoms with van der Waals surface area (Å²) in [6, 6.07) is 17.0. The number of benzene rings is 2. The molecule has 0 aromatic heterocycles. The summed E-state index contributed by atoms with van der Waals surface area (Å²) in [7, 11) is 1.50. The number of aliphatic hydroxyl groups excluding tert-OH is 1. The summed E-state index contributed by atoms with van der Waals surface area (Å²) in [6.45, 7) is 5.30. The fourth-order valence-electron chi connectivity index (χ4n) is 1.97. The molecule has 1 unspecified atom stereocenters. The second-order valence-corrected chi connectivity index (χ2v) is 4.55. The number of aromatic hydroxyl groups is 1. The number of phenolic OH excluding ortho intramolecular Hbond substituents is 1. The van der Waals surface area contributed by atoms with E-state index in [0.29, 0.717) is 6.54 Å². The van der Waals surface area contributed by atoms with Crippen LogP contribution in [0.4, 0.5) is 0 Å². The predicted molar refractivity (Wildman–Crippen MR) is 97.5 cm³/mol. The van der Waals surface area contributed by atoms with E-state index < -0.39 is 6.10 Å². The number of rotatable bonds is 6. The molecule has 2 aromatic carbocycles. The summed E-state index contributed by atoms with van der Waals surface area (Å²) >= 11 is 0. The smallest absolute Gasteiger partial charge is 0.115 e. The average Bonchev–Trinajstić information content (AvgIpc) is 2.63. The van der Waals surface area contributed by atoms with Crippen molar-refractivity contribution in [2.75, 3.05) is 20.1 Å². The van der Waals surface area contributed by atoms with Crippen molar-refractivity contribution in [3.63, 3.8) is 0 Å². The Morgan fingerprint density at radius 2 is 1.65 bits per heavy atom. The van der Waals surface area contributed by atoms with E-state index in [0.717, 1.165) is 18.5 Å². The van der Waals surface area contributed by atoms with Crippen LogP contribution in [-0.2, 0) is 6.42 Å². The fourth-order valence-corrected chi connectivity index (χ4v) is 1.97. The molecule has 0 saturated heterocycles. The summed E-state index contributed by atoms with van der Waals surface area (Å²) in [6.07, 6.45) is 0.344. The number of hydrogen-bond donors (Lipinski definition) is 4. The first-order valence-corrected chi connectivity index (χ1v) is 8.05. The van der Waals surface area contributed by atoms with Gasteiger partial charge in [0.05, 0.1) is 6.10 Å². The molecular formula is C19H30N2O2. The number of nitrogens with one attached hydrogen (secondary N) is 1. The van der Waals surface area contributed by atoms with E-state index in [1.807, 2.05) is 38.1 Å². The van der Waals surface area contributed by atoms with Gasteiger partial charge in [0.1, 0.15) is 5.75 Å². The lowest BCUT2D eigenvalue weighted by Crippen LogP contribution is -2.23. The fraction of sp³-hybridized carbons (Fsp3) is 0.368. The minimum Gasteiger partial charge on any atom is -0.508 e. The molecule has 0 fully saturated rings. The first-order valence-electron chi connectivity index (χ1n) is 8.05. The maximum atomic E-state index is 9.97. The number of nitrogens with two attached hydrogens (primary N) is 1. The molecule has 5 N–H and O–H groups in total. The van der Waals surface area contributed by atoms with E-state index in [-0.39, 0.29) is 5.75 Å². The highest BCUT2D eigenvalue weighted by Crippen LogP contribution is 2.17. The summed E-state index contributed by atoms with van der Waals surface area (Å²) in [5, 5.41) is 22.5. The molecule has 0 spiro atoms. The molecule has 4 heteroatoms. The zero-order valence-corrected chi connectivity index (χ0v) is 14.4. The third kappa shape index (κ3) is 8.98. The molecule has 2 aromatic rings. The van der Waals surface area contributed by atoms with Crippen molar-refractivity contribution in [2.24, 2.45) is 5.73 Å². The van der Waals surface area contributed by atoms with E-state index in [1.165, 1.54) is 12.6 Å². The van der Waals surface area contributed by atoms with E-state index in [4.69, 9.17) is 0 Å². The van der Waals surface area contributed by atoms with Crippen LogP contribution in [0.5, 0.6) is 5.75 Å². The summed E-state index contributed by atoms with van der Waals surface area (Å²) < 4.78 is 0. The lowest BCUT2D eigenvalue weighted by molar-refractivity contribution is 0.175. The highest BCUT2D eigenvalue weighted by atomic mass is 16.3. The summed E-state index contributed by atoms with van der Waals surface area (Å²) in [5.41, 5.74) is 6.51. The van der Waals surface area contributed by atoms with Crippen LogP contribution in [0.3, 0.4) is 0 Å². The monoisotopic (exact) mass is 318 g/mol. The van der Waals surface area contributed by atoms with Crippen molar-refractivity contribution in [3.05, 3.63) is 65.7 Å². The minimum atomic E-state index is -0.595. The lowest BCUT2D eigenvalue weighted by atomic mass is 10.1. The lowest BCUT2D eigenvalue weighted by Gasteiger charge is -2.12. The molecule has 128 valence electrons. The Balaban J connectivity index is 0.00000112. The van der Waals surface area contributed by atoms with Crippen molar-refractivity contribution >= 4 is 0 Å². The van der Waals surface area contributed by atoms with Gasteiger partial charge in [0, 0.05) is 6.54 Å². The molecule has 4 nitrogen and oxygen atoms in total. The Morgan fingerprint density at radius 1 is 1.00 bits per heavy atom. The zero-order chi connectivity index (χ0) is 17.5. The van der Waals surface area contributed by atoms with Crippen LogP contribution in [0.2, 0.25) is 0 Å². The summed E-state index contributed by atoms with van der Waals surface area (Å²) in [4.78, 5) is 0. The molecule has 0 radical (unpaired) electrons.